The van der Waals surface area contributed by atoms with Crippen molar-refractivity contribution in [3.8, 4) is 0 Å². The van der Waals surface area contributed by atoms with Gasteiger partial charge in [0.15, 0.2) is 0 Å². The summed E-state index contributed by atoms with van der Waals surface area (Å²) >= 11 is 0. The van der Waals surface area contributed by atoms with E-state index in [-0.39, 0.29) is 29.0 Å². The first kappa shape index (κ1) is 29.7. The van der Waals surface area contributed by atoms with Crippen LogP contribution in [-0.4, -0.2) is 30.1 Å². The predicted octanol–water partition coefficient (Wildman–Crippen LogP) is 7.89. The molecule has 5 rings (SSSR count). The maximum Gasteiger partial charge on any atom is 0.306 e. The summed E-state index contributed by atoms with van der Waals surface area (Å²) in [4.78, 5) is 23.5. The minimum absolute atomic E-state index is 0.0221. The highest BCUT2D eigenvalue weighted by molar-refractivity contribution is 5.72. The van der Waals surface area contributed by atoms with E-state index in [2.05, 4.69) is 46.0 Å². The van der Waals surface area contributed by atoms with Gasteiger partial charge in [-0.3, -0.25) is 9.59 Å². The van der Waals surface area contributed by atoms with Crippen molar-refractivity contribution >= 4 is 11.9 Å². The first-order valence-corrected chi connectivity index (χ1v) is 16.5. The fraction of sp³-hybridized carbons (Fsp3) is 0.829. The van der Waals surface area contributed by atoms with Crippen LogP contribution in [0.5, 0.6) is 0 Å². The molecule has 3 saturated carbocycles. The Morgan fingerprint density at radius 2 is 1.95 bits per heavy atom. The minimum Gasteiger partial charge on any atom is -0.491 e. The SMILES string of the molecule is CCCC(=O)O[C@H]1CC[C@@]2(C)C(=CC[C@H]3[C@@H]4C[C@@]5(CC)OC(CC[C@@H](C)CNC(C)=O)=C(C)[C@@H]5[C@@]4(C)CC[C@@H]32)C1. The number of carbonyl (C=O) groups is 2. The Morgan fingerprint density at radius 3 is 2.65 bits per heavy atom. The monoisotopic (exact) mass is 553 g/mol. The molecule has 0 bridgehead atoms. The van der Waals surface area contributed by atoms with Crippen molar-refractivity contribution in [1.29, 1.82) is 0 Å². The van der Waals surface area contributed by atoms with Gasteiger partial charge in [-0.2, -0.15) is 0 Å². The largest absolute Gasteiger partial charge is 0.491 e. The van der Waals surface area contributed by atoms with Gasteiger partial charge in [-0.1, -0.05) is 46.3 Å². The van der Waals surface area contributed by atoms with Crippen molar-refractivity contribution in [2.45, 2.75) is 137 Å². The maximum absolute atomic E-state index is 12.2. The molecule has 1 amide bonds. The van der Waals surface area contributed by atoms with Gasteiger partial charge < -0.3 is 14.8 Å². The van der Waals surface area contributed by atoms with E-state index in [0.717, 1.165) is 63.3 Å². The van der Waals surface area contributed by atoms with Crippen LogP contribution in [0.1, 0.15) is 126 Å². The number of rotatable bonds is 9. The molecule has 1 N–H and O–H groups in total. The Bertz CT molecular complexity index is 1060. The zero-order valence-electron chi connectivity index (χ0n) is 26.4. The number of nitrogens with one attached hydrogen (secondary N) is 1. The third kappa shape index (κ3) is 4.96. The molecule has 5 heteroatoms. The number of hydrogen-bond acceptors (Lipinski definition) is 4. The third-order valence-corrected chi connectivity index (χ3v) is 12.4. The van der Waals surface area contributed by atoms with Crippen LogP contribution in [0.2, 0.25) is 0 Å². The van der Waals surface area contributed by atoms with Crippen LogP contribution in [0.25, 0.3) is 0 Å². The minimum atomic E-state index is -0.0510. The zero-order valence-corrected chi connectivity index (χ0v) is 26.4. The topological polar surface area (TPSA) is 64.6 Å². The van der Waals surface area contributed by atoms with Gasteiger partial charge >= 0.3 is 5.97 Å². The van der Waals surface area contributed by atoms with Crippen molar-refractivity contribution < 1.29 is 19.1 Å². The molecule has 40 heavy (non-hydrogen) atoms. The second-order valence-electron chi connectivity index (χ2n) is 14.8. The molecule has 4 aliphatic carbocycles. The summed E-state index contributed by atoms with van der Waals surface area (Å²) in [6.45, 7) is 16.5. The number of allylic oxidation sites excluding steroid dienone is 2. The third-order valence-electron chi connectivity index (χ3n) is 12.4. The number of ether oxygens (including phenoxy) is 2. The van der Waals surface area contributed by atoms with Crippen LogP contribution in [0.3, 0.4) is 0 Å². The average Bonchev–Trinajstić information content (AvgIpc) is 3.35. The van der Waals surface area contributed by atoms with E-state index in [4.69, 9.17) is 9.47 Å². The van der Waals surface area contributed by atoms with Gasteiger partial charge in [0.05, 0.1) is 5.76 Å². The molecule has 5 nitrogen and oxygen atoms in total. The molecule has 5 aliphatic rings. The molecule has 224 valence electrons. The maximum atomic E-state index is 12.2. The number of hydrogen-bond donors (Lipinski definition) is 1. The molecule has 1 heterocycles. The van der Waals surface area contributed by atoms with E-state index in [9.17, 15) is 9.59 Å². The predicted molar refractivity (Wildman–Crippen MR) is 159 cm³/mol. The summed E-state index contributed by atoms with van der Waals surface area (Å²) in [6.07, 6.45) is 15.2. The molecule has 0 aromatic heterocycles. The lowest BCUT2D eigenvalue weighted by Crippen LogP contribution is -2.50. The Kier molecular flexibility index (Phi) is 8.27. The lowest BCUT2D eigenvalue weighted by atomic mass is 9.47. The lowest BCUT2D eigenvalue weighted by Gasteiger charge is -2.58. The van der Waals surface area contributed by atoms with E-state index >= 15 is 0 Å². The number of carbonyl (C=O) groups excluding carboxylic acids is 2. The van der Waals surface area contributed by atoms with Gasteiger partial charge in [0, 0.05) is 38.6 Å². The average molecular weight is 554 g/mol. The lowest BCUT2D eigenvalue weighted by molar-refractivity contribution is -0.151. The van der Waals surface area contributed by atoms with E-state index in [1.54, 1.807) is 12.5 Å². The number of fused-ring (bicyclic) bond motifs is 7. The molecule has 0 radical (unpaired) electrons. The molecule has 0 aromatic rings. The number of esters is 1. The van der Waals surface area contributed by atoms with Crippen molar-refractivity contribution in [3.63, 3.8) is 0 Å². The van der Waals surface area contributed by atoms with Gasteiger partial charge in [0.25, 0.3) is 0 Å². The van der Waals surface area contributed by atoms with Crippen molar-refractivity contribution in [1.82, 2.24) is 5.32 Å². The highest BCUT2D eigenvalue weighted by atomic mass is 16.5. The highest BCUT2D eigenvalue weighted by Crippen LogP contribution is 2.72. The Morgan fingerprint density at radius 1 is 1.18 bits per heavy atom. The Balaban J connectivity index is 1.32. The first-order chi connectivity index (χ1) is 19.0. The molecule has 9 atom stereocenters. The normalized spacial score (nSPS) is 40.7. The van der Waals surface area contributed by atoms with E-state index < -0.39 is 0 Å². The fourth-order valence-electron chi connectivity index (χ4n) is 10.3. The smallest absolute Gasteiger partial charge is 0.306 e. The van der Waals surface area contributed by atoms with E-state index in [0.29, 0.717) is 29.6 Å². The molecule has 0 saturated heterocycles. The second-order valence-corrected chi connectivity index (χ2v) is 14.8. The molecule has 0 aromatic carbocycles. The van der Waals surface area contributed by atoms with Crippen molar-refractivity contribution in [3.05, 3.63) is 23.0 Å². The summed E-state index contributed by atoms with van der Waals surface area (Å²) in [5.41, 5.74) is 3.58. The first-order valence-electron chi connectivity index (χ1n) is 16.5. The summed E-state index contributed by atoms with van der Waals surface area (Å²) in [5.74, 6) is 4.38. The van der Waals surface area contributed by atoms with Crippen LogP contribution >= 0.6 is 0 Å². The molecular formula is C35H55NO4. The second kappa shape index (κ2) is 11.1. The van der Waals surface area contributed by atoms with Gasteiger partial charge in [-0.05, 0) is 105 Å². The number of amides is 1. The highest BCUT2D eigenvalue weighted by Gasteiger charge is 2.68. The Hall–Kier alpha value is -1.78. The summed E-state index contributed by atoms with van der Waals surface area (Å²) in [7, 11) is 0. The molecule has 0 unspecified atom stereocenters. The van der Waals surface area contributed by atoms with Gasteiger partial charge in [0.2, 0.25) is 5.91 Å². The summed E-state index contributed by atoms with van der Waals surface area (Å²) in [5, 5.41) is 2.98. The quantitative estimate of drug-likeness (QED) is 0.233. The molecular weight excluding hydrogens is 498 g/mol. The van der Waals surface area contributed by atoms with Crippen LogP contribution in [0, 0.1) is 40.4 Å². The van der Waals surface area contributed by atoms with Crippen molar-refractivity contribution in [2.24, 2.45) is 40.4 Å². The van der Waals surface area contributed by atoms with Crippen LogP contribution in [0.4, 0.5) is 0 Å². The van der Waals surface area contributed by atoms with Crippen LogP contribution in [0.15, 0.2) is 23.0 Å². The van der Waals surface area contributed by atoms with Gasteiger partial charge in [0.1, 0.15) is 11.7 Å². The van der Waals surface area contributed by atoms with Gasteiger partial charge in [-0.25, -0.2) is 0 Å². The molecule has 1 aliphatic heterocycles. The van der Waals surface area contributed by atoms with Gasteiger partial charge in [-0.15, -0.1) is 0 Å². The standard InChI is InChI=1S/C35H55NO4/c1-8-10-31(38)39-26-15-17-33(6)25(19-26)12-13-27-28(33)16-18-34(7)29(27)20-35(9-2)32(34)23(4)30(40-35)14-11-22(3)21-36-24(5)37/h12,22,26-29,32H,8-11,13-21H2,1-7H3,(H,36,37)/t22-,26+,27-,28+,29+,32-,33+,34+,35-/m1/s1. The fourth-order valence-corrected chi connectivity index (χ4v) is 10.3. The molecule has 0 spiro atoms. The van der Waals surface area contributed by atoms with Crippen LogP contribution < -0.4 is 5.32 Å². The van der Waals surface area contributed by atoms with E-state index in [1.165, 1.54) is 37.0 Å². The molecule has 3 fully saturated rings. The van der Waals surface area contributed by atoms with Crippen LogP contribution in [-0.2, 0) is 19.1 Å². The van der Waals surface area contributed by atoms with E-state index in [1.807, 2.05) is 6.92 Å². The zero-order chi connectivity index (χ0) is 28.9. The van der Waals surface area contributed by atoms with Crippen molar-refractivity contribution in [2.75, 3.05) is 6.54 Å². The summed E-state index contributed by atoms with van der Waals surface area (Å²) in [6, 6.07) is 0. The Labute approximate surface area is 243 Å². The summed E-state index contributed by atoms with van der Waals surface area (Å²) < 4.78 is 13.0.